The Labute approximate surface area is 132 Å². The molecule has 0 aromatic heterocycles. The third kappa shape index (κ3) is 6.39. The Morgan fingerprint density at radius 2 is 1.95 bits per heavy atom. The maximum atomic E-state index is 13.8. The van der Waals surface area contributed by atoms with Gasteiger partial charge in [0.25, 0.3) is 0 Å². The maximum Gasteiger partial charge on any atom is 0.165 e. The summed E-state index contributed by atoms with van der Waals surface area (Å²) in [5.74, 6) is -0.197. The first-order valence-electron chi connectivity index (χ1n) is 7.71. The number of hydrogen-bond acceptors (Lipinski definition) is 3. The second kappa shape index (κ2) is 8.69. The van der Waals surface area contributed by atoms with Gasteiger partial charge >= 0.3 is 0 Å². The molecule has 22 heavy (non-hydrogen) atoms. The van der Waals surface area contributed by atoms with Crippen molar-refractivity contribution in [2.24, 2.45) is 5.92 Å². The molecule has 0 aliphatic carbocycles. The molecule has 0 heterocycles. The molecule has 0 amide bonds. The van der Waals surface area contributed by atoms with Gasteiger partial charge in [-0.15, -0.1) is 0 Å². The summed E-state index contributed by atoms with van der Waals surface area (Å²) in [6, 6.07) is 4.96. The zero-order chi connectivity index (χ0) is 16.7. The molecule has 0 spiro atoms. The van der Waals surface area contributed by atoms with E-state index in [2.05, 4.69) is 5.32 Å². The van der Waals surface area contributed by atoms with Crippen molar-refractivity contribution < 1.29 is 13.9 Å². The van der Waals surface area contributed by atoms with E-state index in [0.29, 0.717) is 12.6 Å². The van der Waals surface area contributed by atoms with E-state index in [1.54, 1.807) is 18.2 Å². The first kappa shape index (κ1) is 18.4. The number of ether oxygens (including phenoxy) is 1. The second-order valence-corrected chi connectivity index (χ2v) is 6.07. The van der Waals surface area contributed by atoms with Crippen LogP contribution in [0.5, 0.6) is 5.75 Å². The van der Waals surface area contributed by atoms with Gasteiger partial charge in [-0.1, -0.05) is 39.8 Å². The van der Waals surface area contributed by atoms with E-state index in [0.717, 1.165) is 5.56 Å². The number of rotatable bonds is 8. The predicted molar refractivity (Wildman–Crippen MR) is 88.5 cm³/mol. The molecule has 1 N–H and O–H groups in total. The second-order valence-electron chi connectivity index (χ2n) is 6.07. The Bertz CT molecular complexity index is 524. The highest BCUT2D eigenvalue weighted by Gasteiger charge is 2.10. The van der Waals surface area contributed by atoms with Gasteiger partial charge < -0.3 is 10.1 Å². The maximum absolute atomic E-state index is 13.8. The number of nitrogens with one attached hydrogen (secondary N) is 1. The number of benzene rings is 1. The fourth-order valence-electron chi connectivity index (χ4n) is 1.74. The van der Waals surface area contributed by atoms with Gasteiger partial charge in [0.05, 0.1) is 0 Å². The minimum absolute atomic E-state index is 0.0429. The summed E-state index contributed by atoms with van der Waals surface area (Å²) in [6.07, 6.45) is 3.06. The average Bonchev–Trinajstić information content (AvgIpc) is 2.45. The first-order chi connectivity index (χ1) is 10.3. The van der Waals surface area contributed by atoms with E-state index in [9.17, 15) is 9.18 Å². The van der Waals surface area contributed by atoms with Crippen molar-refractivity contribution >= 4 is 11.9 Å². The molecule has 0 saturated heterocycles. The van der Waals surface area contributed by atoms with Crippen molar-refractivity contribution in [2.75, 3.05) is 6.54 Å². The quantitative estimate of drug-likeness (QED) is 0.742. The van der Waals surface area contributed by atoms with E-state index in [1.165, 1.54) is 12.1 Å². The van der Waals surface area contributed by atoms with Gasteiger partial charge in [0.2, 0.25) is 0 Å². The number of halogens is 1. The van der Waals surface area contributed by atoms with Gasteiger partial charge in [-0.05, 0) is 30.7 Å². The molecule has 0 bridgehead atoms. The Morgan fingerprint density at radius 3 is 2.55 bits per heavy atom. The smallest absolute Gasteiger partial charge is 0.165 e. The van der Waals surface area contributed by atoms with Gasteiger partial charge in [0, 0.05) is 18.5 Å². The highest BCUT2D eigenvalue weighted by Crippen LogP contribution is 2.21. The topological polar surface area (TPSA) is 38.3 Å². The predicted octanol–water partition coefficient (Wildman–Crippen LogP) is 3.83. The van der Waals surface area contributed by atoms with E-state index < -0.39 is 5.82 Å². The van der Waals surface area contributed by atoms with Gasteiger partial charge in [0.1, 0.15) is 6.10 Å². The highest BCUT2D eigenvalue weighted by molar-refractivity contribution is 5.94. The van der Waals surface area contributed by atoms with Gasteiger partial charge in [-0.2, -0.15) is 0 Å². The SMILES string of the molecule is CC(C)NC[C@H](C)Oc1cc(/C=C/C(=O)C(C)C)ccc1F. The van der Waals surface area contributed by atoms with E-state index in [1.807, 2.05) is 34.6 Å². The molecule has 3 nitrogen and oxygen atoms in total. The lowest BCUT2D eigenvalue weighted by molar-refractivity contribution is -0.117. The normalized spacial score (nSPS) is 13.1. The number of carbonyl (C=O) groups excluding carboxylic acids is 1. The molecule has 0 radical (unpaired) electrons. The standard InChI is InChI=1S/C18H26FNO2/c1-12(2)17(21)9-7-15-6-8-16(19)18(10-15)22-14(5)11-20-13(3)4/h6-10,12-14,20H,11H2,1-5H3/b9-7+/t14-/m0/s1. The highest BCUT2D eigenvalue weighted by atomic mass is 19.1. The number of carbonyl (C=O) groups is 1. The van der Waals surface area contributed by atoms with Crippen LogP contribution in [0.15, 0.2) is 24.3 Å². The molecule has 0 aliphatic rings. The van der Waals surface area contributed by atoms with Crippen molar-refractivity contribution in [3.8, 4) is 5.75 Å². The van der Waals surface area contributed by atoms with E-state index in [4.69, 9.17) is 4.74 Å². The molecule has 0 saturated carbocycles. The lowest BCUT2D eigenvalue weighted by Crippen LogP contribution is -2.33. The monoisotopic (exact) mass is 307 g/mol. The molecule has 0 unspecified atom stereocenters. The Kier molecular flexibility index (Phi) is 7.25. The summed E-state index contributed by atoms with van der Waals surface area (Å²) in [6.45, 7) is 10.3. The number of ketones is 1. The first-order valence-corrected chi connectivity index (χ1v) is 7.71. The minimum atomic E-state index is -0.399. The summed E-state index contributed by atoms with van der Waals surface area (Å²) in [5, 5.41) is 3.25. The Hall–Kier alpha value is -1.68. The van der Waals surface area contributed by atoms with Crippen LogP contribution in [-0.2, 0) is 4.79 Å². The van der Waals surface area contributed by atoms with Crippen molar-refractivity contribution in [2.45, 2.75) is 46.8 Å². The zero-order valence-corrected chi connectivity index (χ0v) is 14.0. The van der Waals surface area contributed by atoms with Gasteiger partial charge in [0.15, 0.2) is 17.3 Å². The van der Waals surface area contributed by atoms with Crippen molar-refractivity contribution in [3.05, 3.63) is 35.7 Å². The van der Waals surface area contributed by atoms with Crippen LogP contribution in [0, 0.1) is 11.7 Å². The van der Waals surface area contributed by atoms with E-state index in [-0.39, 0.29) is 23.6 Å². The van der Waals surface area contributed by atoms with Crippen LogP contribution in [0.3, 0.4) is 0 Å². The third-order valence-electron chi connectivity index (χ3n) is 3.11. The molecule has 0 fully saturated rings. The Balaban J connectivity index is 2.75. The van der Waals surface area contributed by atoms with Crippen molar-refractivity contribution in [3.63, 3.8) is 0 Å². The summed E-state index contributed by atoms with van der Waals surface area (Å²) >= 11 is 0. The molecule has 122 valence electrons. The summed E-state index contributed by atoms with van der Waals surface area (Å²) < 4.78 is 19.5. The molecule has 4 heteroatoms. The van der Waals surface area contributed by atoms with Crippen LogP contribution < -0.4 is 10.1 Å². The molecule has 1 rings (SSSR count). The molecule has 1 aromatic carbocycles. The molecule has 1 aromatic rings. The number of allylic oxidation sites excluding steroid dienone is 1. The zero-order valence-electron chi connectivity index (χ0n) is 14.0. The van der Waals surface area contributed by atoms with Gasteiger partial charge in [-0.3, -0.25) is 4.79 Å². The Morgan fingerprint density at radius 1 is 1.27 bits per heavy atom. The lowest BCUT2D eigenvalue weighted by atomic mass is 10.1. The largest absolute Gasteiger partial charge is 0.486 e. The van der Waals surface area contributed by atoms with Crippen molar-refractivity contribution in [1.82, 2.24) is 5.32 Å². The molecular weight excluding hydrogens is 281 g/mol. The van der Waals surface area contributed by atoms with Crippen LogP contribution in [-0.4, -0.2) is 24.5 Å². The number of hydrogen-bond donors (Lipinski definition) is 1. The van der Waals surface area contributed by atoms with Crippen LogP contribution in [0.25, 0.3) is 6.08 Å². The fourth-order valence-corrected chi connectivity index (χ4v) is 1.74. The molecule has 1 atom stereocenters. The average molecular weight is 307 g/mol. The van der Waals surface area contributed by atoms with Gasteiger partial charge in [-0.25, -0.2) is 4.39 Å². The molecular formula is C18H26FNO2. The summed E-state index contributed by atoms with van der Waals surface area (Å²) in [7, 11) is 0. The van der Waals surface area contributed by atoms with E-state index >= 15 is 0 Å². The lowest BCUT2D eigenvalue weighted by Gasteiger charge is -2.17. The molecule has 0 aliphatic heterocycles. The minimum Gasteiger partial charge on any atom is -0.486 e. The fraction of sp³-hybridized carbons (Fsp3) is 0.500. The van der Waals surface area contributed by atoms with Crippen molar-refractivity contribution in [1.29, 1.82) is 0 Å². The van der Waals surface area contributed by atoms with Crippen LogP contribution in [0.2, 0.25) is 0 Å². The summed E-state index contributed by atoms with van der Waals surface area (Å²) in [5.41, 5.74) is 0.745. The summed E-state index contributed by atoms with van der Waals surface area (Å²) in [4.78, 5) is 11.6. The van der Waals surface area contributed by atoms with Crippen LogP contribution in [0.1, 0.15) is 40.2 Å². The van der Waals surface area contributed by atoms with Crippen LogP contribution in [0.4, 0.5) is 4.39 Å². The van der Waals surface area contributed by atoms with Crippen LogP contribution >= 0.6 is 0 Å². The third-order valence-corrected chi connectivity index (χ3v) is 3.11.